The zero-order valence-electron chi connectivity index (χ0n) is 12.5. The van der Waals surface area contributed by atoms with Gasteiger partial charge in [-0.05, 0) is 12.1 Å². The van der Waals surface area contributed by atoms with Crippen LogP contribution in [-0.2, 0) is 9.47 Å². The quantitative estimate of drug-likeness (QED) is 0.534. The monoisotopic (exact) mass is 382 g/mol. The molecule has 1 aliphatic heterocycles. The van der Waals surface area contributed by atoms with Crippen LogP contribution >= 0.6 is 23.2 Å². The first-order valence-electron chi connectivity index (χ1n) is 6.81. The van der Waals surface area contributed by atoms with E-state index in [0.29, 0.717) is 0 Å². The number of aliphatic hydroxyl groups is 4. The maximum Gasteiger partial charge on any atom is 0.343 e. The third kappa shape index (κ3) is 3.60. The molecule has 10 heteroatoms. The van der Waals surface area contributed by atoms with Crippen molar-refractivity contribution in [2.45, 2.75) is 24.1 Å². The van der Waals surface area contributed by atoms with Gasteiger partial charge in [-0.2, -0.15) is 0 Å². The lowest BCUT2D eigenvalue weighted by Crippen LogP contribution is -2.63. The van der Waals surface area contributed by atoms with Gasteiger partial charge in [0, 0.05) is 0 Å². The first-order valence-corrected chi connectivity index (χ1v) is 7.56. The number of halogens is 2. The molecule has 2 rings (SSSR count). The van der Waals surface area contributed by atoms with Crippen molar-refractivity contribution in [2.75, 3.05) is 20.3 Å². The lowest BCUT2D eigenvalue weighted by Gasteiger charge is -2.40. The summed E-state index contributed by atoms with van der Waals surface area (Å²) in [6, 6.07) is 2.79. The molecule has 0 radical (unpaired) electrons. The zero-order chi connectivity index (χ0) is 18.1. The van der Waals surface area contributed by atoms with Crippen LogP contribution in [0.2, 0.25) is 10.0 Å². The Morgan fingerprint density at radius 3 is 2.58 bits per heavy atom. The number of rotatable bonds is 4. The summed E-state index contributed by atoms with van der Waals surface area (Å²) >= 11 is 11.9. The summed E-state index contributed by atoms with van der Waals surface area (Å²) in [6.45, 7) is -1.27. The molecule has 0 saturated carbocycles. The van der Waals surface area contributed by atoms with E-state index in [1.165, 1.54) is 19.2 Å². The molecule has 0 spiro atoms. The Morgan fingerprint density at radius 2 is 1.96 bits per heavy atom. The molecule has 1 heterocycles. The third-order valence-electron chi connectivity index (χ3n) is 3.56. The second-order valence-electron chi connectivity index (χ2n) is 5.17. The minimum atomic E-state index is -2.38. The number of ether oxygens (including phenoxy) is 3. The standard InChI is InChI=1S/C14H16Cl2O8/c1-22-11-7(16)3-2-6(15)9(11)13(20)23-5-14(21)12(19)10(18)8(17)4-24-14/h2-3,8,10,12,17-19,21H,4-5H2,1H3/t8-,10-,12+,14?/m1/s1. The van der Waals surface area contributed by atoms with E-state index >= 15 is 0 Å². The molecule has 0 aromatic heterocycles. The van der Waals surface area contributed by atoms with Gasteiger partial charge in [-0.1, -0.05) is 23.2 Å². The van der Waals surface area contributed by atoms with Crippen LogP contribution in [0, 0.1) is 0 Å². The lowest BCUT2D eigenvalue weighted by atomic mass is 9.97. The largest absolute Gasteiger partial charge is 0.494 e. The van der Waals surface area contributed by atoms with Gasteiger partial charge in [-0.15, -0.1) is 0 Å². The van der Waals surface area contributed by atoms with Crippen LogP contribution in [0.5, 0.6) is 5.75 Å². The molecular formula is C14H16Cl2O8. The molecule has 1 aromatic rings. The van der Waals surface area contributed by atoms with Crippen LogP contribution in [0.3, 0.4) is 0 Å². The molecule has 4 atom stereocenters. The number of hydrogen-bond donors (Lipinski definition) is 4. The van der Waals surface area contributed by atoms with E-state index in [1.54, 1.807) is 0 Å². The van der Waals surface area contributed by atoms with Crippen LogP contribution < -0.4 is 4.74 Å². The zero-order valence-corrected chi connectivity index (χ0v) is 14.0. The number of hydrogen-bond acceptors (Lipinski definition) is 8. The molecule has 1 fully saturated rings. The van der Waals surface area contributed by atoms with Crippen molar-refractivity contribution in [3.63, 3.8) is 0 Å². The van der Waals surface area contributed by atoms with E-state index in [1.807, 2.05) is 0 Å². The molecule has 24 heavy (non-hydrogen) atoms. The van der Waals surface area contributed by atoms with Crippen molar-refractivity contribution < 1.29 is 39.4 Å². The number of carbonyl (C=O) groups is 1. The van der Waals surface area contributed by atoms with Crippen LogP contribution in [0.1, 0.15) is 10.4 Å². The van der Waals surface area contributed by atoms with Crippen LogP contribution in [0.4, 0.5) is 0 Å². The molecule has 0 bridgehead atoms. The summed E-state index contributed by atoms with van der Waals surface area (Å²) in [5, 5.41) is 39.1. The molecule has 4 N–H and O–H groups in total. The number of methoxy groups -OCH3 is 1. The number of carbonyl (C=O) groups excluding carboxylic acids is 1. The highest BCUT2D eigenvalue weighted by molar-refractivity contribution is 6.37. The number of benzene rings is 1. The van der Waals surface area contributed by atoms with Gasteiger partial charge in [0.25, 0.3) is 0 Å². The SMILES string of the molecule is COc1c(Cl)ccc(Cl)c1C(=O)OCC1(O)OC[C@@H](O)[C@@H](O)[C@@H]1O. The van der Waals surface area contributed by atoms with Gasteiger partial charge in [-0.3, -0.25) is 0 Å². The molecule has 1 aromatic carbocycles. The van der Waals surface area contributed by atoms with Gasteiger partial charge in [0.05, 0.1) is 23.8 Å². The highest BCUT2D eigenvalue weighted by Crippen LogP contribution is 2.34. The van der Waals surface area contributed by atoms with Gasteiger partial charge in [-0.25, -0.2) is 4.79 Å². The van der Waals surface area contributed by atoms with E-state index in [9.17, 15) is 25.2 Å². The normalized spacial score (nSPS) is 30.0. The summed E-state index contributed by atoms with van der Waals surface area (Å²) in [6.07, 6.45) is -4.92. The van der Waals surface area contributed by atoms with E-state index < -0.39 is 43.3 Å². The predicted molar refractivity (Wildman–Crippen MR) is 82.2 cm³/mol. The van der Waals surface area contributed by atoms with Crippen LogP contribution in [-0.4, -0.2) is 70.8 Å². The van der Waals surface area contributed by atoms with Crippen molar-refractivity contribution in [3.05, 3.63) is 27.7 Å². The van der Waals surface area contributed by atoms with Gasteiger partial charge in [0.15, 0.2) is 5.75 Å². The second-order valence-corrected chi connectivity index (χ2v) is 5.99. The maximum absolute atomic E-state index is 12.2. The smallest absolute Gasteiger partial charge is 0.343 e. The fraction of sp³-hybridized carbons (Fsp3) is 0.500. The summed E-state index contributed by atoms with van der Waals surface area (Å²) < 4.78 is 14.8. The molecule has 1 saturated heterocycles. The second kappa shape index (κ2) is 7.40. The molecule has 1 unspecified atom stereocenters. The molecule has 8 nitrogen and oxygen atoms in total. The van der Waals surface area contributed by atoms with Gasteiger partial charge >= 0.3 is 5.97 Å². The predicted octanol–water partition coefficient (Wildman–Crippen LogP) is -0.0397. The summed E-state index contributed by atoms with van der Waals surface area (Å²) in [4.78, 5) is 12.2. The average molecular weight is 383 g/mol. The van der Waals surface area contributed by atoms with Crippen LogP contribution in [0.15, 0.2) is 12.1 Å². The molecule has 134 valence electrons. The molecular weight excluding hydrogens is 367 g/mol. The van der Waals surface area contributed by atoms with E-state index in [0.717, 1.165) is 0 Å². The van der Waals surface area contributed by atoms with Gasteiger partial charge in [0.1, 0.15) is 30.5 Å². The van der Waals surface area contributed by atoms with E-state index in [2.05, 4.69) is 0 Å². The first kappa shape index (κ1) is 19.2. The first-order chi connectivity index (χ1) is 11.2. The highest BCUT2D eigenvalue weighted by Gasteiger charge is 2.49. The van der Waals surface area contributed by atoms with Gasteiger partial charge < -0.3 is 34.6 Å². The topological polar surface area (TPSA) is 126 Å². The van der Waals surface area contributed by atoms with Crippen molar-refractivity contribution in [1.29, 1.82) is 0 Å². The fourth-order valence-electron chi connectivity index (χ4n) is 2.18. The highest BCUT2D eigenvalue weighted by atomic mass is 35.5. The number of esters is 1. The van der Waals surface area contributed by atoms with E-state index in [-0.39, 0.29) is 21.4 Å². The Hall–Kier alpha value is -1.13. The maximum atomic E-state index is 12.2. The Balaban J connectivity index is 2.15. The Bertz CT molecular complexity index is 625. The van der Waals surface area contributed by atoms with Crippen molar-refractivity contribution in [3.8, 4) is 5.75 Å². The Kier molecular flexibility index (Phi) is 5.92. The lowest BCUT2D eigenvalue weighted by molar-refractivity contribution is -0.330. The number of aliphatic hydroxyl groups excluding tert-OH is 3. The summed E-state index contributed by atoms with van der Waals surface area (Å²) in [7, 11) is 1.29. The summed E-state index contributed by atoms with van der Waals surface area (Å²) in [5.74, 6) is -3.38. The minimum absolute atomic E-state index is 0.00816. The van der Waals surface area contributed by atoms with Crippen molar-refractivity contribution >= 4 is 29.2 Å². The Morgan fingerprint density at radius 1 is 1.33 bits per heavy atom. The molecule has 0 amide bonds. The Labute approximate surface area is 147 Å². The van der Waals surface area contributed by atoms with Gasteiger partial charge in [0.2, 0.25) is 5.79 Å². The third-order valence-corrected chi connectivity index (χ3v) is 4.17. The average Bonchev–Trinajstić information content (AvgIpc) is 2.56. The van der Waals surface area contributed by atoms with Crippen molar-refractivity contribution in [1.82, 2.24) is 0 Å². The molecule has 0 aliphatic carbocycles. The minimum Gasteiger partial charge on any atom is -0.494 e. The van der Waals surface area contributed by atoms with E-state index in [4.69, 9.17) is 37.4 Å². The van der Waals surface area contributed by atoms with Crippen molar-refractivity contribution in [2.24, 2.45) is 0 Å². The fourth-order valence-corrected chi connectivity index (χ4v) is 2.64. The van der Waals surface area contributed by atoms with Crippen LogP contribution in [0.25, 0.3) is 0 Å². The molecule has 1 aliphatic rings. The summed E-state index contributed by atoms with van der Waals surface area (Å²) in [5.41, 5.74) is -0.166.